The first-order chi connectivity index (χ1) is 11.5. The molecule has 1 saturated heterocycles. The third kappa shape index (κ3) is 3.50. The molecule has 128 valence electrons. The Morgan fingerprint density at radius 3 is 3.00 bits per heavy atom. The second kappa shape index (κ2) is 7.25. The van der Waals surface area contributed by atoms with Crippen LogP contribution in [0.3, 0.4) is 0 Å². The fourth-order valence-corrected chi connectivity index (χ4v) is 4.69. The minimum Gasteiger partial charge on any atom is -0.465 e. The fraction of sp³-hybridized carbons (Fsp3) is 0.412. The summed E-state index contributed by atoms with van der Waals surface area (Å²) in [6.07, 6.45) is 2.43. The molecule has 0 amide bonds. The number of thiocarbonyl (C=S) groups is 1. The lowest BCUT2D eigenvalue weighted by Gasteiger charge is -2.33. The summed E-state index contributed by atoms with van der Waals surface area (Å²) in [4.78, 5) is 14.4. The van der Waals surface area contributed by atoms with Crippen LogP contribution < -0.4 is 5.32 Å². The number of carbonyl (C=O) groups is 1. The number of hydrogen-bond acceptors (Lipinski definition) is 4. The number of halogens is 1. The number of fused-ring (bicyclic) bond motifs is 1. The van der Waals surface area contributed by atoms with Crippen molar-refractivity contribution in [2.24, 2.45) is 5.92 Å². The van der Waals surface area contributed by atoms with Gasteiger partial charge >= 0.3 is 5.97 Å². The van der Waals surface area contributed by atoms with E-state index in [-0.39, 0.29) is 0 Å². The van der Waals surface area contributed by atoms with Crippen molar-refractivity contribution < 1.29 is 9.53 Å². The standard InChI is InChI=1S/C17H19ClN2O2S2/c1-10-4-3-7-20(9-10)17(23)19-11-5-6-12-13(8-11)24-15(14(12)18)16(21)22-2/h5-6,8,10H,3-4,7,9H2,1-2H3,(H,19,23). The molecule has 1 aliphatic rings. The molecule has 0 radical (unpaired) electrons. The fourth-order valence-electron chi connectivity index (χ4n) is 2.94. The Morgan fingerprint density at radius 1 is 1.50 bits per heavy atom. The van der Waals surface area contributed by atoms with Crippen molar-refractivity contribution >= 4 is 62.0 Å². The number of methoxy groups -OCH3 is 1. The van der Waals surface area contributed by atoms with Crippen molar-refractivity contribution in [3.05, 3.63) is 28.1 Å². The Bertz CT molecular complexity index is 790. The summed E-state index contributed by atoms with van der Waals surface area (Å²) >= 11 is 13.2. The first-order valence-electron chi connectivity index (χ1n) is 7.86. The Morgan fingerprint density at radius 2 is 2.29 bits per heavy atom. The number of esters is 1. The van der Waals surface area contributed by atoms with Gasteiger partial charge in [-0.25, -0.2) is 4.79 Å². The lowest BCUT2D eigenvalue weighted by molar-refractivity contribution is 0.0606. The van der Waals surface area contributed by atoms with Crippen LogP contribution in [0.25, 0.3) is 10.1 Å². The Labute approximate surface area is 155 Å². The number of hydrogen-bond donors (Lipinski definition) is 1. The molecule has 0 bridgehead atoms. The van der Waals surface area contributed by atoms with Crippen molar-refractivity contribution in [3.63, 3.8) is 0 Å². The quantitative estimate of drug-likeness (QED) is 0.598. The number of benzene rings is 1. The highest BCUT2D eigenvalue weighted by atomic mass is 35.5. The molecule has 0 aliphatic carbocycles. The number of thiophene rings is 1. The van der Waals surface area contributed by atoms with Crippen LogP contribution in [0.1, 0.15) is 29.4 Å². The summed E-state index contributed by atoms with van der Waals surface area (Å²) in [5.74, 6) is 0.258. The van der Waals surface area contributed by atoms with Gasteiger partial charge < -0.3 is 15.0 Å². The van der Waals surface area contributed by atoms with Crippen LogP contribution in [-0.2, 0) is 4.74 Å². The number of piperidine rings is 1. The number of ether oxygens (including phenoxy) is 1. The van der Waals surface area contributed by atoms with Gasteiger partial charge in [-0.15, -0.1) is 11.3 Å². The lowest BCUT2D eigenvalue weighted by Crippen LogP contribution is -2.41. The van der Waals surface area contributed by atoms with Crippen molar-refractivity contribution in [2.75, 3.05) is 25.5 Å². The smallest absolute Gasteiger partial charge is 0.349 e. The molecular weight excluding hydrogens is 364 g/mol. The van der Waals surface area contributed by atoms with Gasteiger partial charge in [0.15, 0.2) is 5.11 Å². The van der Waals surface area contributed by atoms with E-state index < -0.39 is 5.97 Å². The number of nitrogens with one attached hydrogen (secondary N) is 1. The molecule has 1 aromatic heterocycles. The maximum atomic E-state index is 11.8. The summed E-state index contributed by atoms with van der Waals surface area (Å²) in [6, 6.07) is 5.81. The number of likely N-dealkylation sites (tertiary alicyclic amines) is 1. The first kappa shape index (κ1) is 17.5. The van der Waals surface area contributed by atoms with Crippen LogP contribution in [0.2, 0.25) is 5.02 Å². The Balaban J connectivity index is 1.80. The second-order valence-corrected chi connectivity index (χ2v) is 7.89. The molecule has 2 heterocycles. The predicted molar refractivity (Wildman–Crippen MR) is 104 cm³/mol. The minimum absolute atomic E-state index is 0.409. The number of carbonyl (C=O) groups excluding carboxylic acids is 1. The molecule has 1 N–H and O–H groups in total. The molecule has 1 aromatic carbocycles. The van der Waals surface area contributed by atoms with Gasteiger partial charge in [0.25, 0.3) is 0 Å². The lowest BCUT2D eigenvalue weighted by atomic mass is 10.0. The van der Waals surface area contributed by atoms with Gasteiger partial charge in [0.2, 0.25) is 0 Å². The van der Waals surface area contributed by atoms with E-state index in [9.17, 15) is 4.79 Å². The van der Waals surface area contributed by atoms with Gasteiger partial charge in [-0.1, -0.05) is 18.5 Å². The number of rotatable bonds is 2. The molecule has 1 unspecified atom stereocenters. The normalized spacial score (nSPS) is 17.8. The predicted octanol–water partition coefficient (Wildman–Crippen LogP) is 4.77. The Kier molecular flexibility index (Phi) is 5.27. The zero-order valence-corrected chi connectivity index (χ0v) is 16.0. The second-order valence-electron chi connectivity index (χ2n) is 6.07. The highest BCUT2D eigenvalue weighted by Gasteiger charge is 2.20. The van der Waals surface area contributed by atoms with Crippen molar-refractivity contribution in [2.45, 2.75) is 19.8 Å². The topological polar surface area (TPSA) is 41.6 Å². The minimum atomic E-state index is -0.409. The van der Waals surface area contributed by atoms with Crippen molar-refractivity contribution in [1.82, 2.24) is 4.90 Å². The average Bonchev–Trinajstić information content (AvgIpc) is 2.90. The molecule has 1 fully saturated rings. The van der Waals surface area contributed by atoms with Crippen LogP contribution in [0, 0.1) is 5.92 Å². The van der Waals surface area contributed by atoms with Crippen LogP contribution >= 0.6 is 35.2 Å². The molecule has 1 aliphatic heterocycles. The summed E-state index contributed by atoms with van der Waals surface area (Å²) < 4.78 is 5.71. The van der Waals surface area contributed by atoms with Gasteiger partial charge in [0.1, 0.15) is 4.88 Å². The highest BCUT2D eigenvalue weighted by Crippen LogP contribution is 2.37. The highest BCUT2D eigenvalue weighted by molar-refractivity contribution is 7.80. The van der Waals surface area contributed by atoms with Crippen LogP contribution in [-0.4, -0.2) is 36.2 Å². The van der Waals surface area contributed by atoms with Gasteiger partial charge in [0, 0.05) is 28.9 Å². The SMILES string of the molecule is COC(=O)c1sc2cc(NC(=S)N3CCCC(C)C3)ccc2c1Cl. The maximum absolute atomic E-state index is 11.8. The molecule has 7 heteroatoms. The molecule has 24 heavy (non-hydrogen) atoms. The molecular formula is C17H19ClN2O2S2. The first-order valence-corrected chi connectivity index (χ1v) is 9.46. The van der Waals surface area contributed by atoms with E-state index in [1.165, 1.54) is 31.3 Å². The zero-order chi connectivity index (χ0) is 17.3. The maximum Gasteiger partial charge on any atom is 0.349 e. The summed E-state index contributed by atoms with van der Waals surface area (Å²) in [5, 5.41) is 5.35. The summed E-state index contributed by atoms with van der Waals surface area (Å²) in [5.41, 5.74) is 0.903. The van der Waals surface area contributed by atoms with E-state index in [0.29, 0.717) is 15.8 Å². The molecule has 0 saturated carbocycles. The number of nitrogens with zero attached hydrogens (tertiary/aromatic N) is 1. The van der Waals surface area contributed by atoms with Crippen LogP contribution in [0.15, 0.2) is 18.2 Å². The third-order valence-electron chi connectivity index (χ3n) is 4.20. The van der Waals surface area contributed by atoms with Crippen LogP contribution in [0.5, 0.6) is 0 Å². The van der Waals surface area contributed by atoms with Crippen molar-refractivity contribution in [3.8, 4) is 0 Å². The molecule has 3 rings (SSSR count). The monoisotopic (exact) mass is 382 g/mol. The zero-order valence-electron chi connectivity index (χ0n) is 13.6. The molecule has 1 atom stereocenters. The molecule has 4 nitrogen and oxygen atoms in total. The molecule has 2 aromatic rings. The summed E-state index contributed by atoms with van der Waals surface area (Å²) in [6.45, 7) is 4.24. The van der Waals surface area contributed by atoms with E-state index in [1.54, 1.807) is 0 Å². The van der Waals surface area contributed by atoms with Gasteiger partial charge in [0.05, 0.1) is 12.1 Å². The van der Waals surface area contributed by atoms with Crippen molar-refractivity contribution in [1.29, 1.82) is 0 Å². The van der Waals surface area contributed by atoms with E-state index in [4.69, 9.17) is 28.6 Å². The van der Waals surface area contributed by atoms with E-state index >= 15 is 0 Å². The van der Waals surface area contributed by atoms with Crippen LogP contribution in [0.4, 0.5) is 5.69 Å². The number of anilines is 1. The third-order valence-corrected chi connectivity index (χ3v) is 6.19. The van der Waals surface area contributed by atoms with Gasteiger partial charge in [-0.2, -0.15) is 0 Å². The van der Waals surface area contributed by atoms with E-state index in [1.807, 2.05) is 18.2 Å². The van der Waals surface area contributed by atoms with E-state index in [2.05, 4.69) is 17.1 Å². The Hall–Kier alpha value is -1.37. The van der Waals surface area contributed by atoms with Gasteiger partial charge in [-0.3, -0.25) is 0 Å². The molecule has 0 spiro atoms. The average molecular weight is 383 g/mol. The summed E-state index contributed by atoms with van der Waals surface area (Å²) in [7, 11) is 1.36. The largest absolute Gasteiger partial charge is 0.465 e. The van der Waals surface area contributed by atoms with Gasteiger partial charge in [-0.05, 0) is 49.2 Å². The van der Waals surface area contributed by atoms with E-state index in [0.717, 1.165) is 34.0 Å².